The fourth-order valence-electron chi connectivity index (χ4n) is 11.3. The van der Waals surface area contributed by atoms with Gasteiger partial charge >= 0.3 is 0 Å². The SMILES string of the molecule is Fc1c(F)c(F)c(-c2c3cc(c(-c4c(F)c(F)c(F)c(F)c4F)c4ccc([nH]4)c(-c4c(F)c(F)c(F)c(F)c4F)c4ccc([nH]4)c(-c4c(F)c(F)c(F)c(F)c4F)c4cc(c(-c5c(F)c(F)c(F)c(F)c5F)c5nc(c(-c6c(F)c(F)c(F)c(F)c6F)c6nc2C=C6)C=C5)C=N4)N=C3)c(F)c1F. The summed E-state index contributed by atoms with van der Waals surface area (Å²) < 4.78 is 472. The number of benzene rings is 6. The highest BCUT2D eigenvalue weighted by Gasteiger charge is 2.38. The minimum Gasteiger partial charge on any atom is -0.354 e. The number of aromatic nitrogens is 4. The van der Waals surface area contributed by atoms with Crippen LogP contribution in [0.15, 0.2) is 46.4 Å². The van der Waals surface area contributed by atoms with E-state index in [1.54, 1.807) is 0 Å². The first-order valence-electron chi connectivity index (χ1n) is 27.4. The molecule has 7 heterocycles. The largest absolute Gasteiger partial charge is 0.354 e. The van der Waals surface area contributed by atoms with Crippen molar-refractivity contribution in [3.63, 3.8) is 0 Å². The molecular weight excluding hydrogens is 1450 g/mol. The number of rotatable bonds is 6. The van der Waals surface area contributed by atoms with E-state index in [-0.39, 0.29) is 24.6 Å². The maximum Gasteiger partial charge on any atom is 0.200 e. The number of halogens is 30. The van der Waals surface area contributed by atoms with Gasteiger partial charge in [0.15, 0.2) is 140 Å². The first-order chi connectivity index (χ1) is 48.1. The molecule has 0 unspecified atom stereocenters. The summed E-state index contributed by atoms with van der Waals surface area (Å²) in [6.07, 6.45) is 1.81. The maximum atomic E-state index is 16.5. The van der Waals surface area contributed by atoms with Gasteiger partial charge in [0, 0.05) is 79.0 Å². The van der Waals surface area contributed by atoms with Gasteiger partial charge < -0.3 is 9.97 Å². The van der Waals surface area contributed by atoms with Crippen LogP contribution in [0.3, 0.4) is 0 Å². The number of aromatic amines is 2. The molecule has 0 atom stereocenters. The Morgan fingerprint density at radius 2 is 0.363 bits per heavy atom. The summed E-state index contributed by atoms with van der Waals surface area (Å²) in [7, 11) is 0. The molecule has 0 fully saturated rings. The summed E-state index contributed by atoms with van der Waals surface area (Å²) >= 11 is 0. The molecule has 2 N–H and O–H groups in total. The predicted molar refractivity (Wildman–Crippen MR) is 300 cm³/mol. The van der Waals surface area contributed by atoms with Crippen molar-refractivity contribution in [2.24, 2.45) is 9.98 Å². The zero-order valence-electron chi connectivity index (χ0n) is 48.1. The fourth-order valence-corrected chi connectivity index (χ4v) is 11.3. The Labute approximate surface area is 542 Å². The lowest BCUT2D eigenvalue weighted by Crippen LogP contribution is -2.07. The Hall–Kier alpha value is -11.9. The zero-order chi connectivity index (χ0) is 73.9. The van der Waals surface area contributed by atoms with E-state index in [0.717, 1.165) is 0 Å². The third-order valence-corrected chi connectivity index (χ3v) is 15.9. The van der Waals surface area contributed by atoms with Crippen molar-refractivity contribution in [2.45, 2.75) is 0 Å². The lowest BCUT2D eigenvalue weighted by atomic mass is 9.97. The third-order valence-electron chi connectivity index (χ3n) is 15.9. The second-order valence-corrected chi connectivity index (χ2v) is 21.4. The quantitative estimate of drug-likeness (QED) is 0.0988. The Morgan fingerprint density at radius 3 is 0.598 bits per heavy atom. The average molecular weight is 1460 g/mol. The van der Waals surface area contributed by atoms with E-state index < -0.39 is 309 Å². The summed E-state index contributed by atoms with van der Waals surface area (Å²) in [5, 5.41) is 0. The van der Waals surface area contributed by atoms with Gasteiger partial charge in [0.05, 0.1) is 67.5 Å². The number of hydrogen-bond donors (Lipinski definition) is 2. The average Bonchev–Trinajstić information content (AvgIpc) is 1.61. The molecule has 0 spiro atoms. The Balaban J connectivity index is 1.34. The van der Waals surface area contributed by atoms with E-state index in [4.69, 9.17) is 0 Å². The highest BCUT2D eigenvalue weighted by Crippen LogP contribution is 2.49. The van der Waals surface area contributed by atoms with Gasteiger partial charge in [0.2, 0.25) is 34.9 Å². The third kappa shape index (κ3) is 10.0. The van der Waals surface area contributed by atoms with Crippen LogP contribution >= 0.6 is 0 Å². The van der Waals surface area contributed by atoms with Crippen molar-refractivity contribution < 1.29 is 132 Å². The van der Waals surface area contributed by atoms with Gasteiger partial charge in [0.25, 0.3) is 0 Å². The molecule has 6 aromatic carbocycles. The van der Waals surface area contributed by atoms with E-state index in [1.807, 2.05) is 0 Å². The molecule has 6 nitrogen and oxygen atoms in total. The minimum absolute atomic E-state index is 0.208. The highest BCUT2D eigenvalue weighted by molar-refractivity contribution is 6.06. The maximum absolute atomic E-state index is 16.5. The molecule has 13 rings (SSSR count). The van der Waals surface area contributed by atoms with Crippen LogP contribution in [0, 0.1) is 175 Å². The van der Waals surface area contributed by atoms with E-state index in [2.05, 4.69) is 29.9 Å². The molecule has 4 aliphatic rings. The molecule has 0 aliphatic carbocycles. The van der Waals surface area contributed by atoms with Crippen LogP contribution < -0.4 is 0 Å². The molecule has 4 aliphatic heterocycles. The number of aliphatic imine (C=N–C) groups is 2. The van der Waals surface area contributed by atoms with Gasteiger partial charge in [0.1, 0.15) is 0 Å². The van der Waals surface area contributed by atoms with E-state index in [9.17, 15) is 26.3 Å². The Kier molecular flexibility index (Phi) is 16.5. The van der Waals surface area contributed by atoms with Crippen LogP contribution in [0.1, 0.15) is 33.9 Å². The molecule has 3 aromatic heterocycles. The fraction of sp³-hybridized carbons (Fsp3) is 0. The van der Waals surface area contributed by atoms with Crippen LogP contribution in [-0.2, 0) is 0 Å². The molecular formula is C66H14F30N6. The van der Waals surface area contributed by atoms with Crippen LogP contribution in [0.25, 0.3) is 113 Å². The van der Waals surface area contributed by atoms with Gasteiger partial charge in [-0.25, -0.2) is 142 Å². The predicted octanol–water partition coefficient (Wildman–Crippen LogP) is 21.2. The number of hydrogen-bond acceptors (Lipinski definition) is 4. The normalized spacial score (nSPS) is 12.5. The molecule has 0 radical (unpaired) electrons. The van der Waals surface area contributed by atoms with Gasteiger partial charge in [-0.1, -0.05) is 0 Å². The van der Waals surface area contributed by atoms with Crippen molar-refractivity contribution >= 4 is 70.2 Å². The first-order valence-corrected chi connectivity index (χ1v) is 27.4. The molecule has 518 valence electrons. The van der Waals surface area contributed by atoms with Gasteiger partial charge in [-0.15, -0.1) is 0 Å². The molecule has 12 bridgehead atoms. The molecule has 0 amide bonds. The van der Waals surface area contributed by atoms with Crippen LogP contribution in [0.4, 0.5) is 143 Å². The second-order valence-electron chi connectivity index (χ2n) is 21.4. The topological polar surface area (TPSA) is 82.1 Å². The van der Waals surface area contributed by atoms with Gasteiger partial charge in [-0.3, -0.25) is 9.98 Å². The van der Waals surface area contributed by atoms with E-state index in [0.29, 0.717) is 48.6 Å². The number of nitrogens with one attached hydrogen (secondary N) is 2. The molecule has 0 saturated heterocycles. The van der Waals surface area contributed by atoms with Crippen molar-refractivity contribution in [3.8, 4) is 66.8 Å². The monoisotopic (exact) mass is 1460 g/mol. The zero-order valence-corrected chi connectivity index (χ0v) is 48.1. The van der Waals surface area contributed by atoms with E-state index >= 15 is 105 Å². The van der Waals surface area contributed by atoms with E-state index in [1.165, 1.54) is 0 Å². The summed E-state index contributed by atoms with van der Waals surface area (Å²) in [4.78, 5) is 19.5. The summed E-state index contributed by atoms with van der Waals surface area (Å²) in [6.45, 7) is 0. The van der Waals surface area contributed by atoms with Crippen molar-refractivity contribution in [1.29, 1.82) is 0 Å². The van der Waals surface area contributed by atoms with Crippen molar-refractivity contribution in [3.05, 3.63) is 245 Å². The second kappa shape index (κ2) is 24.5. The smallest absolute Gasteiger partial charge is 0.200 e. The molecule has 36 heteroatoms. The molecule has 9 aromatic rings. The molecule has 0 saturated carbocycles. The number of nitrogens with zero attached hydrogens (tertiary/aromatic N) is 4. The van der Waals surface area contributed by atoms with Crippen LogP contribution in [-0.4, -0.2) is 32.4 Å². The summed E-state index contributed by atoms with van der Waals surface area (Å²) in [5.74, 6) is -86.1. The minimum atomic E-state index is -2.93. The lowest BCUT2D eigenvalue weighted by molar-refractivity contribution is 0.381. The van der Waals surface area contributed by atoms with Crippen LogP contribution in [0.5, 0.6) is 0 Å². The lowest BCUT2D eigenvalue weighted by Gasteiger charge is -2.12. The summed E-state index contributed by atoms with van der Waals surface area (Å²) in [6, 6.07) is 2.04. The number of fused-ring (bicyclic) bond motifs is 12. The standard InChI is InChI=1S/C66H14F30N6/c67-37-31(38(68)50(80)61(91)49(37)79)25-13-9-23(97-11-13)29(35-45(75)57(87)65(95)58(88)46(35)76)21-7-5-19(101-21)28(34-43(73)55(85)64(94)56(86)44(34)74)20-6-8-22(102-20)30(36-47(77)59(89)66(96)60(90)48(36)78)24-10-14(12-98-24)26(32-39(69)51(81)62(92)52(82)40(32)70)16-2-4-18(100-16)27(17-3-1-15(25)99-17)33-41(71)53(83)63(93)54(84)42(33)72/h1-12,101-102H. The van der Waals surface area contributed by atoms with Crippen molar-refractivity contribution in [1.82, 2.24) is 19.9 Å². The Bertz CT molecular complexity index is 5450. The Morgan fingerprint density at radius 1 is 0.186 bits per heavy atom. The molecule has 102 heavy (non-hydrogen) atoms. The first kappa shape index (κ1) is 68.6. The van der Waals surface area contributed by atoms with Gasteiger partial charge in [-0.2, -0.15) is 0 Å². The van der Waals surface area contributed by atoms with Crippen LogP contribution in [0.2, 0.25) is 0 Å². The number of H-pyrrole nitrogens is 2. The summed E-state index contributed by atoms with van der Waals surface area (Å²) in [5.41, 5.74) is -38.4. The van der Waals surface area contributed by atoms with Gasteiger partial charge in [-0.05, 0) is 60.7 Å². The van der Waals surface area contributed by atoms with Crippen molar-refractivity contribution in [2.75, 3.05) is 0 Å². The highest BCUT2D eigenvalue weighted by atomic mass is 19.2.